The number of Topliss-reactive ketones (excluding diaryl/α,β-unsaturated/α-hetero) is 1. The molecule has 0 radical (unpaired) electrons. The Labute approximate surface area is 100 Å². The Hall–Kier alpha value is -0.740. The number of carbonyl (C=O) groups is 1. The van der Waals surface area contributed by atoms with Crippen molar-refractivity contribution in [1.29, 1.82) is 0 Å². The van der Waals surface area contributed by atoms with E-state index in [0.29, 0.717) is 12.2 Å². The smallest absolute Gasteiger partial charge is 0.144 e. The number of aromatic nitrogens is 1. The number of rotatable bonds is 4. The van der Waals surface area contributed by atoms with Crippen LogP contribution in [-0.2, 0) is 11.2 Å². The maximum Gasteiger partial charge on any atom is 0.144 e. The summed E-state index contributed by atoms with van der Waals surface area (Å²) in [5.74, 6) is 0.403. The maximum absolute atomic E-state index is 12.4. The van der Waals surface area contributed by atoms with Crippen molar-refractivity contribution in [2.75, 3.05) is 13.1 Å². The van der Waals surface area contributed by atoms with Crippen molar-refractivity contribution in [2.45, 2.75) is 32.6 Å². The van der Waals surface area contributed by atoms with Crippen molar-refractivity contribution >= 4 is 17.1 Å². The molecule has 3 nitrogen and oxygen atoms in total. The molecule has 1 aromatic rings. The standard InChI is InChI=1S/C12H18N2OS/c1-2-12(3-5-13-6-4-12)11(15)7-10-8-14-9-16-10/h8-9,13H,2-7H2,1H3. The number of hydrogen-bond acceptors (Lipinski definition) is 4. The molecular weight excluding hydrogens is 220 g/mol. The SMILES string of the molecule is CCC1(C(=O)Cc2cncs2)CCNCC1. The number of thiazole rings is 1. The van der Waals surface area contributed by atoms with E-state index in [0.717, 1.165) is 37.2 Å². The Kier molecular flexibility index (Phi) is 3.71. The van der Waals surface area contributed by atoms with Gasteiger partial charge in [0.15, 0.2) is 0 Å². The lowest BCUT2D eigenvalue weighted by atomic mass is 9.72. The Morgan fingerprint density at radius 1 is 1.56 bits per heavy atom. The Bertz CT molecular complexity index is 342. The molecular formula is C12H18N2OS. The number of nitrogens with one attached hydrogen (secondary N) is 1. The molecule has 2 rings (SSSR count). The maximum atomic E-state index is 12.4. The van der Waals surface area contributed by atoms with Gasteiger partial charge in [0.05, 0.1) is 5.51 Å². The molecule has 0 saturated carbocycles. The molecule has 16 heavy (non-hydrogen) atoms. The zero-order chi connectivity index (χ0) is 11.4. The first-order chi connectivity index (χ1) is 7.77. The van der Waals surface area contributed by atoms with Crippen LogP contribution >= 0.6 is 11.3 Å². The zero-order valence-electron chi connectivity index (χ0n) is 9.66. The molecule has 0 bridgehead atoms. The fourth-order valence-corrected chi connectivity index (χ4v) is 3.00. The van der Waals surface area contributed by atoms with Gasteiger partial charge < -0.3 is 5.32 Å². The van der Waals surface area contributed by atoms with Gasteiger partial charge in [-0.2, -0.15) is 0 Å². The lowest BCUT2D eigenvalue weighted by molar-refractivity contribution is -0.129. The molecule has 88 valence electrons. The molecule has 0 unspecified atom stereocenters. The third-order valence-electron chi connectivity index (χ3n) is 3.65. The zero-order valence-corrected chi connectivity index (χ0v) is 10.5. The van der Waals surface area contributed by atoms with Crippen molar-refractivity contribution in [2.24, 2.45) is 5.41 Å². The first kappa shape index (κ1) is 11.7. The van der Waals surface area contributed by atoms with E-state index in [-0.39, 0.29) is 5.41 Å². The highest BCUT2D eigenvalue weighted by Crippen LogP contribution is 2.34. The van der Waals surface area contributed by atoms with Gasteiger partial charge in [0.2, 0.25) is 0 Å². The Morgan fingerprint density at radius 2 is 2.31 bits per heavy atom. The highest BCUT2D eigenvalue weighted by molar-refractivity contribution is 7.09. The minimum Gasteiger partial charge on any atom is -0.317 e. The monoisotopic (exact) mass is 238 g/mol. The summed E-state index contributed by atoms with van der Waals surface area (Å²) in [6.45, 7) is 4.08. The fraction of sp³-hybridized carbons (Fsp3) is 0.667. The van der Waals surface area contributed by atoms with Gasteiger partial charge in [0, 0.05) is 22.9 Å². The average Bonchev–Trinajstić information content (AvgIpc) is 2.82. The lowest BCUT2D eigenvalue weighted by Gasteiger charge is -2.35. The second-order valence-electron chi connectivity index (χ2n) is 4.45. The van der Waals surface area contributed by atoms with E-state index < -0.39 is 0 Å². The van der Waals surface area contributed by atoms with Crippen LogP contribution in [0.1, 0.15) is 31.1 Å². The summed E-state index contributed by atoms with van der Waals surface area (Å²) >= 11 is 1.58. The van der Waals surface area contributed by atoms with Gasteiger partial charge in [-0.25, -0.2) is 0 Å². The van der Waals surface area contributed by atoms with Crippen molar-refractivity contribution in [1.82, 2.24) is 10.3 Å². The van der Waals surface area contributed by atoms with Gasteiger partial charge in [-0.05, 0) is 32.4 Å². The van der Waals surface area contributed by atoms with E-state index in [9.17, 15) is 4.79 Å². The van der Waals surface area contributed by atoms with Gasteiger partial charge in [0.25, 0.3) is 0 Å². The number of ketones is 1. The summed E-state index contributed by atoms with van der Waals surface area (Å²) in [7, 11) is 0. The minimum atomic E-state index is -0.0742. The van der Waals surface area contributed by atoms with Crippen molar-refractivity contribution < 1.29 is 4.79 Å². The summed E-state index contributed by atoms with van der Waals surface area (Å²) < 4.78 is 0. The topological polar surface area (TPSA) is 42.0 Å². The second-order valence-corrected chi connectivity index (χ2v) is 5.42. The molecule has 4 heteroatoms. The van der Waals surface area contributed by atoms with E-state index in [2.05, 4.69) is 17.2 Å². The average molecular weight is 238 g/mol. The highest BCUT2D eigenvalue weighted by atomic mass is 32.1. The molecule has 1 saturated heterocycles. The van der Waals surface area contributed by atoms with Gasteiger partial charge in [-0.1, -0.05) is 6.92 Å². The van der Waals surface area contributed by atoms with E-state index in [1.807, 2.05) is 6.20 Å². The number of nitrogens with zero attached hydrogens (tertiary/aromatic N) is 1. The van der Waals surface area contributed by atoms with Crippen LogP contribution in [0.3, 0.4) is 0 Å². The highest BCUT2D eigenvalue weighted by Gasteiger charge is 2.37. The fourth-order valence-electron chi connectivity index (χ4n) is 2.41. The van der Waals surface area contributed by atoms with Crippen LogP contribution in [0.25, 0.3) is 0 Å². The molecule has 0 aromatic carbocycles. The summed E-state index contributed by atoms with van der Waals surface area (Å²) in [6.07, 6.45) is 5.32. The minimum absolute atomic E-state index is 0.0742. The van der Waals surface area contributed by atoms with Crippen LogP contribution < -0.4 is 5.32 Å². The first-order valence-corrected chi connectivity index (χ1v) is 6.76. The second kappa shape index (κ2) is 5.06. The van der Waals surface area contributed by atoms with Crippen molar-refractivity contribution in [3.8, 4) is 0 Å². The van der Waals surface area contributed by atoms with E-state index in [4.69, 9.17) is 0 Å². The van der Waals surface area contributed by atoms with Gasteiger partial charge in [0.1, 0.15) is 5.78 Å². The first-order valence-electron chi connectivity index (χ1n) is 5.88. The van der Waals surface area contributed by atoms with Gasteiger partial charge in [-0.3, -0.25) is 9.78 Å². The summed E-state index contributed by atoms with van der Waals surface area (Å²) in [4.78, 5) is 17.5. The van der Waals surface area contributed by atoms with Crippen molar-refractivity contribution in [3.05, 3.63) is 16.6 Å². The van der Waals surface area contributed by atoms with Gasteiger partial charge in [-0.15, -0.1) is 11.3 Å². The van der Waals surface area contributed by atoms with Crippen LogP contribution in [-0.4, -0.2) is 23.9 Å². The molecule has 1 N–H and O–H groups in total. The quantitative estimate of drug-likeness (QED) is 0.872. The van der Waals surface area contributed by atoms with E-state index in [1.54, 1.807) is 16.8 Å². The van der Waals surface area contributed by atoms with E-state index in [1.165, 1.54) is 0 Å². The summed E-state index contributed by atoms with van der Waals surface area (Å²) in [5, 5.41) is 3.33. The third-order valence-corrected chi connectivity index (χ3v) is 4.43. The predicted molar refractivity (Wildman–Crippen MR) is 65.7 cm³/mol. The molecule has 0 amide bonds. The van der Waals surface area contributed by atoms with Crippen molar-refractivity contribution in [3.63, 3.8) is 0 Å². The lowest BCUT2D eigenvalue weighted by Crippen LogP contribution is -2.42. The van der Waals surface area contributed by atoms with E-state index >= 15 is 0 Å². The Balaban J connectivity index is 2.06. The summed E-state index contributed by atoms with van der Waals surface area (Å²) in [5.41, 5.74) is 1.72. The summed E-state index contributed by atoms with van der Waals surface area (Å²) in [6, 6.07) is 0. The molecule has 0 spiro atoms. The molecule has 0 aliphatic carbocycles. The predicted octanol–water partition coefficient (Wildman–Crippen LogP) is 2.03. The van der Waals surface area contributed by atoms with Crippen LogP contribution in [0.15, 0.2) is 11.7 Å². The van der Waals surface area contributed by atoms with Crippen LogP contribution in [0.4, 0.5) is 0 Å². The number of hydrogen-bond donors (Lipinski definition) is 1. The Morgan fingerprint density at radius 3 is 2.88 bits per heavy atom. The van der Waals surface area contributed by atoms with Crippen LogP contribution in [0.2, 0.25) is 0 Å². The molecule has 1 aliphatic heterocycles. The molecule has 1 fully saturated rings. The van der Waals surface area contributed by atoms with Crippen LogP contribution in [0, 0.1) is 5.41 Å². The van der Waals surface area contributed by atoms with Crippen LogP contribution in [0.5, 0.6) is 0 Å². The number of piperidine rings is 1. The third kappa shape index (κ3) is 2.33. The largest absolute Gasteiger partial charge is 0.317 e. The molecule has 0 atom stereocenters. The number of carbonyl (C=O) groups excluding carboxylic acids is 1. The molecule has 2 heterocycles. The normalized spacial score (nSPS) is 19.6. The molecule has 1 aliphatic rings. The van der Waals surface area contributed by atoms with Gasteiger partial charge >= 0.3 is 0 Å². The molecule has 1 aromatic heterocycles.